The van der Waals surface area contributed by atoms with E-state index in [4.69, 9.17) is 4.74 Å². The third kappa shape index (κ3) is 1.92. The Hall–Kier alpha value is -0.570. The van der Waals surface area contributed by atoms with E-state index in [1.165, 1.54) is 26.4 Å². The van der Waals surface area contributed by atoms with Gasteiger partial charge in [0.2, 0.25) is 0 Å². The van der Waals surface area contributed by atoms with E-state index in [1.807, 2.05) is 0 Å². The van der Waals surface area contributed by atoms with Gasteiger partial charge in [-0.2, -0.15) is 0 Å². The standard InChI is InChI=1S/C11H19NO2/c1-8(7-9-3-4-9)12-6-5-10(12)11(13)14-2/h8-10H,3-7H2,1-2H3. The van der Waals surface area contributed by atoms with Gasteiger partial charge in [-0.1, -0.05) is 12.8 Å². The van der Waals surface area contributed by atoms with Crippen molar-refractivity contribution in [2.24, 2.45) is 5.92 Å². The van der Waals surface area contributed by atoms with Crippen LogP contribution in [0.1, 0.15) is 32.6 Å². The largest absolute Gasteiger partial charge is 0.468 e. The van der Waals surface area contributed by atoms with Gasteiger partial charge in [-0.3, -0.25) is 9.69 Å². The van der Waals surface area contributed by atoms with Gasteiger partial charge in [0.05, 0.1) is 7.11 Å². The molecular weight excluding hydrogens is 178 g/mol. The summed E-state index contributed by atoms with van der Waals surface area (Å²) in [6, 6.07) is 0.606. The average molecular weight is 197 g/mol. The molecule has 2 aliphatic rings. The first kappa shape index (κ1) is 9.97. The second-order valence-corrected chi connectivity index (χ2v) is 4.59. The molecule has 3 nitrogen and oxygen atoms in total. The molecule has 0 aromatic rings. The zero-order valence-corrected chi connectivity index (χ0v) is 9.03. The molecule has 2 unspecified atom stereocenters. The first-order valence-electron chi connectivity index (χ1n) is 5.56. The zero-order valence-electron chi connectivity index (χ0n) is 9.03. The summed E-state index contributed by atoms with van der Waals surface area (Å²) >= 11 is 0. The Morgan fingerprint density at radius 2 is 2.21 bits per heavy atom. The van der Waals surface area contributed by atoms with Crippen molar-refractivity contribution < 1.29 is 9.53 Å². The molecule has 0 aromatic heterocycles. The second kappa shape index (κ2) is 3.89. The van der Waals surface area contributed by atoms with E-state index in [9.17, 15) is 4.79 Å². The quantitative estimate of drug-likeness (QED) is 0.638. The number of rotatable bonds is 4. The van der Waals surface area contributed by atoms with E-state index in [-0.39, 0.29) is 12.0 Å². The number of methoxy groups -OCH3 is 1. The number of likely N-dealkylation sites (tertiary alicyclic amines) is 1. The molecule has 0 aromatic carbocycles. The van der Waals surface area contributed by atoms with E-state index in [1.54, 1.807) is 0 Å². The Balaban J connectivity index is 1.81. The van der Waals surface area contributed by atoms with E-state index >= 15 is 0 Å². The molecule has 1 aliphatic carbocycles. The molecule has 14 heavy (non-hydrogen) atoms. The number of carbonyl (C=O) groups is 1. The summed E-state index contributed by atoms with van der Waals surface area (Å²) in [5, 5.41) is 0. The lowest BCUT2D eigenvalue weighted by Crippen LogP contribution is -2.56. The minimum absolute atomic E-state index is 0.0498. The topological polar surface area (TPSA) is 29.5 Å². The number of hydrogen-bond donors (Lipinski definition) is 0. The van der Waals surface area contributed by atoms with Crippen molar-refractivity contribution in [1.29, 1.82) is 0 Å². The molecule has 0 bridgehead atoms. The van der Waals surface area contributed by atoms with E-state index in [2.05, 4.69) is 11.8 Å². The van der Waals surface area contributed by atoms with Crippen molar-refractivity contribution in [3.8, 4) is 0 Å². The molecule has 2 rings (SSSR count). The molecule has 0 N–H and O–H groups in total. The van der Waals surface area contributed by atoms with E-state index in [0.29, 0.717) is 6.04 Å². The van der Waals surface area contributed by atoms with Gasteiger partial charge in [-0.25, -0.2) is 0 Å². The van der Waals surface area contributed by atoms with Crippen LogP contribution in [0, 0.1) is 5.92 Å². The normalized spacial score (nSPS) is 29.4. The molecule has 1 aliphatic heterocycles. The van der Waals surface area contributed by atoms with E-state index in [0.717, 1.165) is 18.9 Å². The SMILES string of the molecule is COC(=O)C1CCN1C(C)CC1CC1. The highest BCUT2D eigenvalue weighted by Crippen LogP contribution is 2.36. The van der Waals surface area contributed by atoms with Gasteiger partial charge in [0, 0.05) is 12.6 Å². The third-order valence-corrected chi connectivity index (χ3v) is 3.47. The Morgan fingerprint density at radius 1 is 1.50 bits per heavy atom. The predicted octanol–water partition coefficient (Wildman–Crippen LogP) is 1.42. The molecule has 0 radical (unpaired) electrons. The number of esters is 1. The summed E-state index contributed by atoms with van der Waals surface area (Å²) in [6.45, 7) is 3.29. The highest BCUT2D eigenvalue weighted by Gasteiger charge is 2.39. The van der Waals surface area contributed by atoms with Crippen LogP contribution >= 0.6 is 0 Å². The third-order valence-electron chi connectivity index (χ3n) is 3.47. The smallest absolute Gasteiger partial charge is 0.323 e. The molecule has 1 saturated carbocycles. The van der Waals surface area contributed by atoms with Crippen LogP contribution < -0.4 is 0 Å². The minimum Gasteiger partial charge on any atom is -0.468 e. The first-order valence-corrected chi connectivity index (χ1v) is 5.56. The molecule has 3 heteroatoms. The number of hydrogen-bond acceptors (Lipinski definition) is 3. The van der Waals surface area contributed by atoms with Gasteiger partial charge < -0.3 is 4.74 Å². The lowest BCUT2D eigenvalue weighted by atomic mass is 9.98. The summed E-state index contributed by atoms with van der Waals surface area (Å²) in [7, 11) is 1.48. The predicted molar refractivity (Wildman–Crippen MR) is 53.9 cm³/mol. The van der Waals surface area contributed by atoms with Crippen LogP contribution in [0.15, 0.2) is 0 Å². The maximum Gasteiger partial charge on any atom is 0.323 e. The van der Waals surface area contributed by atoms with Gasteiger partial charge in [-0.15, -0.1) is 0 Å². The fraction of sp³-hybridized carbons (Fsp3) is 0.909. The molecule has 2 atom stereocenters. The van der Waals surface area contributed by atoms with Crippen LogP contribution in [-0.2, 0) is 9.53 Å². The Morgan fingerprint density at radius 3 is 2.64 bits per heavy atom. The summed E-state index contributed by atoms with van der Waals surface area (Å²) in [6.07, 6.45) is 5.01. The lowest BCUT2D eigenvalue weighted by molar-refractivity contribution is -0.153. The second-order valence-electron chi connectivity index (χ2n) is 4.59. The summed E-state index contributed by atoms with van der Waals surface area (Å²) in [5.41, 5.74) is 0. The van der Waals surface area contributed by atoms with Crippen LogP contribution in [0.3, 0.4) is 0 Å². The monoisotopic (exact) mass is 197 g/mol. The molecule has 1 saturated heterocycles. The number of ether oxygens (including phenoxy) is 1. The van der Waals surface area contributed by atoms with Gasteiger partial charge in [-0.05, 0) is 25.7 Å². The van der Waals surface area contributed by atoms with Crippen LogP contribution in [0.4, 0.5) is 0 Å². The molecule has 2 fully saturated rings. The van der Waals surface area contributed by atoms with Crippen molar-refractivity contribution in [2.45, 2.75) is 44.7 Å². The van der Waals surface area contributed by atoms with Crippen molar-refractivity contribution in [2.75, 3.05) is 13.7 Å². The summed E-state index contributed by atoms with van der Waals surface area (Å²) in [5.74, 6) is 0.878. The van der Waals surface area contributed by atoms with Crippen LogP contribution in [0.25, 0.3) is 0 Å². The highest BCUT2D eigenvalue weighted by atomic mass is 16.5. The van der Waals surface area contributed by atoms with Crippen molar-refractivity contribution in [3.05, 3.63) is 0 Å². The van der Waals surface area contributed by atoms with Gasteiger partial charge in [0.15, 0.2) is 0 Å². The van der Waals surface area contributed by atoms with Gasteiger partial charge in [0.1, 0.15) is 6.04 Å². The molecule has 0 spiro atoms. The van der Waals surface area contributed by atoms with Crippen molar-refractivity contribution >= 4 is 5.97 Å². The summed E-state index contributed by atoms with van der Waals surface area (Å²) < 4.78 is 4.77. The number of nitrogens with zero attached hydrogens (tertiary/aromatic N) is 1. The highest BCUT2D eigenvalue weighted by molar-refractivity contribution is 5.76. The molecule has 1 heterocycles. The molecule has 0 amide bonds. The minimum atomic E-state index is -0.0566. The van der Waals surface area contributed by atoms with Crippen LogP contribution in [-0.4, -0.2) is 36.6 Å². The summed E-state index contributed by atoms with van der Waals surface area (Å²) in [4.78, 5) is 13.6. The average Bonchev–Trinajstić information content (AvgIpc) is 2.85. The molecule has 80 valence electrons. The fourth-order valence-corrected chi connectivity index (χ4v) is 2.30. The van der Waals surface area contributed by atoms with Crippen LogP contribution in [0.2, 0.25) is 0 Å². The zero-order chi connectivity index (χ0) is 10.1. The van der Waals surface area contributed by atoms with Crippen LogP contribution in [0.5, 0.6) is 0 Å². The Labute approximate surface area is 85.4 Å². The Bertz CT molecular complexity index is 225. The maximum absolute atomic E-state index is 11.3. The van der Waals surface area contributed by atoms with E-state index < -0.39 is 0 Å². The number of carbonyl (C=O) groups excluding carboxylic acids is 1. The molecular formula is C11H19NO2. The van der Waals surface area contributed by atoms with Crippen molar-refractivity contribution in [1.82, 2.24) is 4.90 Å². The lowest BCUT2D eigenvalue weighted by Gasteiger charge is -2.43. The van der Waals surface area contributed by atoms with Gasteiger partial charge >= 0.3 is 5.97 Å². The fourth-order valence-electron chi connectivity index (χ4n) is 2.30. The Kier molecular flexibility index (Phi) is 2.77. The van der Waals surface area contributed by atoms with Gasteiger partial charge in [0.25, 0.3) is 0 Å². The van der Waals surface area contributed by atoms with Crippen molar-refractivity contribution in [3.63, 3.8) is 0 Å². The maximum atomic E-state index is 11.3. The first-order chi connectivity index (χ1) is 6.72.